The fourth-order valence-electron chi connectivity index (χ4n) is 4.48. The molecule has 8 nitrogen and oxygen atoms in total. The van der Waals surface area contributed by atoms with E-state index in [1.165, 1.54) is 110 Å². The second kappa shape index (κ2) is 24.8. The lowest BCUT2D eigenvalue weighted by Gasteiger charge is -2.26. The lowest BCUT2D eigenvalue weighted by atomic mass is 9.87. The quantitative estimate of drug-likeness (QED) is 0.0994. The molecule has 0 aromatic carbocycles. The van der Waals surface area contributed by atoms with E-state index in [0.29, 0.717) is 5.91 Å². The Morgan fingerprint density at radius 3 is 1.88 bits per heavy atom. The van der Waals surface area contributed by atoms with Gasteiger partial charge in [-0.3, -0.25) is 14.4 Å². The molecule has 1 heterocycles. The van der Waals surface area contributed by atoms with E-state index in [2.05, 4.69) is 29.3 Å². The van der Waals surface area contributed by atoms with Gasteiger partial charge in [0.1, 0.15) is 6.10 Å². The van der Waals surface area contributed by atoms with Gasteiger partial charge in [0.05, 0.1) is 13.0 Å². The van der Waals surface area contributed by atoms with Gasteiger partial charge in [-0.1, -0.05) is 84.3 Å². The van der Waals surface area contributed by atoms with Gasteiger partial charge in [0.2, 0.25) is 11.8 Å². The zero-order valence-electron chi connectivity index (χ0n) is 25.8. The van der Waals surface area contributed by atoms with Crippen molar-refractivity contribution in [2.75, 3.05) is 26.2 Å². The summed E-state index contributed by atoms with van der Waals surface area (Å²) >= 11 is 0. The highest BCUT2D eigenvalue weighted by molar-refractivity contribution is 5.81. The first kappa shape index (κ1) is 38.1. The van der Waals surface area contributed by atoms with Crippen molar-refractivity contribution in [1.29, 1.82) is 0 Å². The maximum atomic E-state index is 12.0. The molecule has 40 heavy (non-hydrogen) atoms. The van der Waals surface area contributed by atoms with Crippen molar-refractivity contribution in [2.45, 2.75) is 142 Å². The fourth-order valence-corrected chi connectivity index (χ4v) is 4.48. The van der Waals surface area contributed by atoms with Gasteiger partial charge in [-0.05, 0) is 51.4 Å². The van der Waals surface area contributed by atoms with Crippen LogP contribution in [-0.2, 0) is 14.4 Å². The molecule has 1 aliphatic rings. The van der Waals surface area contributed by atoms with Crippen LogP contribution in [0.5, 0.6) is 0 Å². The number of allylic oxidation sites excluding steroid dienone is 2. The zero-order chi connectivity index (χ0) is 30.1. The number of carboxylic acids is 1. The number of hydrogen-bond acceptors (Lipinski definition) is 5. The predicted molar refractivity (Wildman–Crippen MR) is 162 cm³/mol. The van der Waals surface area contributed by atoms with Gasteiger partial charge in [0, 0.05) is 31.5 Å². The summed E-state index contributed by atoms with van der Waals surface area (Å²) in [7, 11) is 0. The SMILES string of the molecule is CC(C)(CO)C(O)C(=O)NCCC(=O)O.CCCCCCCCC=CCCCCCCCC(=O)N1CCCCC1. The van der Waals surface area contributed by atoms with Crippen molar-refractivity contribution < 1.29 is 29.7 Å². The summed E-state index contributed by atoms with van der Waals surface area (Å²) in [5.41, 5.74) is -0.937. The van der Waals surface area contributed by atoms with Gasteiger partial charge in [-0.15, -0.1) is 0 Å². The molecule has 1 rings (SSSR count). The number of carbonyl (C=O) groups excluding carboxylic acids is 2. The van der Waals surface area contributed by atoms with E-state index in [1.54, 1.807) is 0 Å². The van der Waals surface area contributed by atoms with Crippen molar-refractivity contribution in [2.24, 2.45) is 5.41 Å². The highest BCUT2D eigenvalue weighted by atomic mass is 16.4. The van der Waals surface area contributed by atoms with Crippen LogP contribution in [0.15, 0.2) is 12.2 Å². The summed E-state index contributed by atoms with van der Waals surface area (Å²) in [4.78, 5) is 35.5. The molecule has 4 N–H and O–H groups in total. The van der Waals surface area contributed by atoms with Gasteiger partial charge in [-0.25, -0.2) is 0 Å². The average molecular weight is 569 g/mol. The summed E-state index contributed by atoms with van der Waals surface area (Å²) in [6, 6.07) is 0. The Morgan fingerprint density at radius 2 is 1.35 bits per heavy atom. The number of amides is 2. The number of aliphatic hydroxyl groups excluding tert-OH is 2. The van der Waals surface area contributed by atoms with Crippen LogP contribution >= 0.6 is 0 Å². The number of nitrogens with zero attached hydrogens (tertiary/aromatic N) is 1. The number of rotatable bonds is 21. The molecule has 8 heteroatoms. The molecule has 0 aliphatic carbocycles. The van der Waals surface area contributed by atoms with E-state index in [-0.39, 0.29) is 19.6 Å². The van der Waals surface area contributed by atoms with E-state index in [4.69, 9.17) is 10.2 Å². The van der Waals surface area contributed by atoms with Gasteiger partial charge in [0.25, 0.3) is 0 Å². The Morgan fingerprint density at radius 1 is 0.825 bits per heavy atom. The highest BCUT2D eigenvalue weighted by Gasteiger charge is 2.32. The Kier molecular flexibility index (Phi) is 23.6. The molecular weight excluding hydrogens is 508 g/mol. The van der Waals surface area contributed by atoms with Crippen LogP contribution in [0.25, 0.3) is 0 Å². The number of aliphatic hydroxyl groups is 2. The summed E-state index contributed by atoms with van der Waals surface area (Å²) in [5.74, 6) is -1.29. The van der Waals surface area contributed by atoms with Crippen LogP contribution in [0.4, 0.5) is 0 Å². The van der Waals surface area contributed by atoms with Gasteiger partial charge < -0.3 is 25.5 Å². The molecule has 0 radical (unpaired) electrons. The molecule has 1 atom stereocenters. The van der Waals surface area contributed by atoms with Crippen LogP contribution in [0.3, 0.4) is 0 Å². The van der Waals surface area contributed by atoms with E-state index in [9.17, 15) is 19.5 Å². The normalized spacial score (nSPS) is 14.5. The smallest absolute Gasteiger partial charge is 0.305 e. The zero-order valence-corrected chi connectivity index (χ0v) is 25.8. The Hall–Kier alpha value is -1.93. The average Bonchev–Trinajstić information content (AvgIpc) is 2.95. The summed E-state index contributed by atoms with van der Waals surface area (Å²) in [6.45, 7) is 6.99. The first-order valence-electron chi connectivity index (χ1n) is 15.9. The topological polar surface area (TPSA) is 127 Å². The number of piperidine rings is 1. The molecule has 0 saturated carbocycles. The van der Waals surface area contributed by atoms with Crippen molar-refractivity contribution in [3.05, 3.63) is 12.2 Å². The van der Waals surface area contributed by atoms with Gasteiger partial charge in [0.15, 0.2) is 0 Å². The molecule has 1 fully saturated rings. The molecule has 1 saturated heterocycles. The van der Waals surface area contributed by atoms with Crippen LogP contribution in [0, 0.1) is 5.41 Å². The largest absolute Gasteiger partial charge is 0.481 e. The third kappa shape index (κ3) is 20.9. The van der Waals surface area contributed by atoms with E-state index < -0.39 is 23.4 Å². The third-order valence-corrected chi connectivity index (χ3v) is 7.40. The monoisotopic (exact) mass is 568 g/mol. The number of aliphatic carboxylic acids is 1. The number of carboxylic acid groups (broad SMARTS) is 1. The van der Waals surface area contributed by atoms with Crippen molar-refractivity contribution in [1.82, 2.24) is 10.2 Å². The summed E-state index contributed by atoms with van der Waals surface area (Å²) in [5, 5.41) is 29.0. The van der Waals surface area contributed by atoms with Gasteiger partial charge in [-0.2, -0.15) is 0 Å². The molecular formula is C32H60N2O6. The number of carbonyl (C=O) groups is 3. The minimum absolute atomic E-state index is 0.0350. The maximum absolute atomic E-state index is 12.0. The number of nitrogens with one attached hydrogen (secondary N) is 1. The van der Waals surface area contributed by atoms with Crippen LogP contribution < -0.4 is 5.32 Å². The number of unbranched alkanes of at least 4 members (excludes halogenated alkanes) is 11. The van der Waals surface area contributed by atoms with Crippen molar-refractivity contribution in [3.63, 3.8) is 0 Å². The maximum Gasteiger partial charge on any atom is 0.305 e. The Labute approximate surface area is 244 Å². The molecule has 234 valence electrons. The second-order valence-corrected chi connectivity index (χ2v) is 11.8. The van der Waals surface area contributed by atoms with Crippen molar-refractivity contribution >= 4 is 17.8 Å². The lowest BCUT2D eigenvalue weighted by molar-refractivity contribution is -0.138. The number of hydrogen-bond donors (Lipinski definition) is 4. The molecule has 0 bridgehead atoms. The molecule has 0 aromatic rings. The van der Waals surface area contributed by atoms with E-state index in [1.807, 2.05) is 0 Å². The Bertz CT molecular complexity index is 689. The standard InChI is InChI=1S/C23H43NO.C9H17NO5/c1-2-3-4-5-6-7-8-9-10-11-12-13-14-15-17-20-23(25)24-21-18-16-19-22-24;1-9(2,5-11)7(14)8(15)10-4-3-6(12)13/h9-10H,2-8,11-22H2,1H3;7,11,14H,3-5H2,1-2H3,(H,10,15)(H,12,13). The molecule has 1 unspecified atom stereocenters. The fraction of sp³-hybridized carbons (Fsp3) is 0.844. The minimum Gasteiger partial charge on any atom is -0.481 e. The first-order valence-corrected chi connectivity index (χ1v) is 15.9. The molecule has 2 amide bonds. The van der Waals surface area contributed by atoms with E-state index >= 15 is 0 Å². The van der Waals surface area contributed by atoms with Crippen LogP contribution in [-0.4, -0.2) is 70.3 Å². The molecule has 0 aromatic heterocycles. The molecule has 0 spiro atoms. The third-order valence-electron chi connectivity index (χ3n) is 7.40. The van der Waals surface area contributed by atoms with E-state index in [0.717, 1.165) is 25.9 Å². The van der Waals surface area contributed by atoms with Crippen molar-refractivity contribution in [3.8, 4) is 0 Å². The minimum atomic E-state index is -1.35. The summed E-state index contributed by atoms with van der Waals surface area (Å²) < 4.78 is 0. The predicted octanol–water partition coefficient (Wildman–Crippen LogP) is 5.99. The highest BCUT2D eigenvalue weighted by Crippen LogP contribution is 2.19. The van der Waals surface area contributed by atoms with Crippen LogP contribution in [0.2, 0.25) is 0 Å². The number of likely N-dealkylation sites (tertiary alicyclic amines) is 1. The van der Waals surface area contributed by atoms with Crippen LogP contribution in [0.1, 0.15) is 136 Å². The Balaban J connectivity index is 0.000000868. The second-order valence-electron chi connectivity index (χ2n) is 11.8. The lowest BCUT2D eigenvalue weighted by Crippen LogP contribution is -2.45. The molecule has 1 aliphatic heterocycles. The summed E-state index contributed by atoms with van der Waals surface area (Å²) in [6.07, 6.45) is 24.8. The van der Waals surface area contributed by atoms with Gasteiger partial charge >= 0.3 is 5.97 Å². The first-order chi connectivity index (χ1) is 19.2.